The lowest BCUT2D eigenvalue weighted by atomic mass is 10.0. The van der Waals surface area contributed by atoms with Gasteiger partial charge in [0, 0.05) is 4.47 Å². The van der Waals surface area contributed by atoms with Crippen LogP contribution in [-0.4, -0.2) is 5.91 Å². The van der Waals surface area contributed by atoms with Crippen LogP contribution in [0.2, 0.25) is 0 Å². The molecule has 1 atom stereocenters. The Balaban J connectivity index is 2.06. The zero-order valence-corrected chi connectivity index (χ0v) is 15.2. The van der Waals surface area contributed by atoms with Gasteiger partial charge in [0.15, 0.2) is 0 Å². The molecule has 106 valence electrons. The number of rotatable bonds is 4. The van der Waals surface area contributed by atoms with Gasteiger partial charge in [-0.2, -0.15) is 0 Å². The summed E-state index contributed by atoms with van der Waals surface area (Å²) in [5.74, 6) is -0.0477. The summed E-state index contributed by atoms with van der Waals surface area (Å²) in [4.78, 5) is 12.9. The van der Waals surface area contributed by atoms with Gasteiger partial charge in [-0.3, -0.25) is 4.79 Å². The summed E-state index contributed by atoms with van der Waals surface area (Å²) in [7, 11) is 0. The molecule has 5 heteroatoms. The quantitative estimate of drug-likeness (QED) is 0.717. The van der Waals surface area contributed by atoms with E-state index in [1.165, 1.54) is 16.9 Å². The van der Waals surface area contributed by atoms with Gasteiger partial charge in [0.2, 0.25) is 0 Å². The lowest BCUT2D eigenvalue weighted by molar-refractivity contribution is 0.0944. The number of carbonyl (C=O) groups is 1. The summed E-state index contributed by atoms with van der Waals surface area (Å²) < 4.78 is 1.84. The Morgan fingerprint density at radius 3 is 2.45 bits per heavy atom. The lowest BCUT2D eigenvalue weighted by Crippen LogP contribution is -2.25. The molecule has 0 fully saturated rings. The first-order valence-corrected chi connectivity index (χ1v) is 8.76. The Kier molecular flexibility index (Phi) is 5.41. The molecular formula is C15H15Br2NOS. The summed E-state index contributed by atoms with van der Waals surface area (Å²) >= 11 is 8.22. The molecule has 1 aromatic carbocycles. The van der Waals surface area contributed by atoms with E-state index in [0.29, 0.717) is 4.88 Å². The highest BCUT2D eigenvalue weighted by Gasteiger charge is 2.15. The molecule has 0 saturated carbocycles. The minimum absolute atomic E-state index is 0.00643. The van der Waals surface area contributed by atoms with Gasteiger partial charge in [-0.05, 0) is 62.4 Å². The fraction of sp³-hybridized carbons (Fsp3) is 0.267. The molecule has 0 aliphatic heterocycles. The molecule has 20 heavy (non-hydrogen) atoms. The molecule has 0 spiro atoms. The number of hydrogen-bond donors (Lipinski definition) is 1. The number of aryl methyl sites for hydroxylation is 1. The molecule has 2 nitrogen and oxygen atoms in total. The normalized spacial score (nSPS) is 12.2. The van der Waals surface area contributed by atoms with Gasteiger partial charge in [0.1, 0.15) is 0 Å². The highest BCUT2D eigenvalue weighted by atomic mass is 79.9. The minimum atomic E-state index is -0.0477. The van der Waals surface area contributed by atoms with E-state index in [4.69, 9.17) is 0 Å². The van der Waals surface area contributed by atoms with Crippen molar-refractivity contribution < 1.29 is 4.79 Å². The van der Waals surface area contributed by atoms with Crippen molar-refractivity contribution in [2.45, 2.75) is 26.3 Å². The number of hydrogen-bond acceptors (Lipinski definition) is 2. The monoisotopic (exact) mass is 415 g/mol. The second-order valence-corrected chi connectivity index (χ2v) is 7.75. The second kappa shape index (κ2) is 6.87. The van der Waals surface area contributed by atoms with Crippen molar-refractivity contribution in [1.29, 1.82) is 0 Å². The highest BCUT2D eigenvalue weighted by molar-refractivity contribution is 9.13. The highest BCUT2D eigenvalue weighted by Crippen LogP contribution is 2.32. The molecule has 1 heterocycles. The summed E-state index contributed by atoms with van der Waals surface area (Å²) in [6.07, 6.45) is 1.03. The number of carbonyl (C=O) groups excluding carboxylic acids is 1. The van der Waals surface area contributed by atoms with E-state index >= 15 is 0 Å². The summed E-state index contributed by atoms with van der Waals surface area (Å²) in [5, 5.41) is 3.02. The van der Waals surface area contributed by atoms with Gasteiger partial charge >= 0.3 is 0 Å². The lowest BCUT2D eigenvalue weighted by Gasteiger charge is -2.14. The molecule has 1 unspecified atom stereocenters. The predicted molar refractivity (Wildman–Crippen MR) is 91.4 cm³/mol. The maximum absolute atomic E-state index is 12.2. The molecule has 1 amide bonds. The SMILES string of the molecule is CCc1ccc(C(C)NC(=O)c2cc(Br)c(Br)s2)cc1. The van der Waals surface area contributed by atoms with Gasteiger partial charge in [0.25, 0.3) is 5.91 Å². The molecule has 0 saturated heterocycles. The standard InChI is InChI=1S/C15H15Br2NOS/c1-3-10-4-6-11(7-5-10)9(2)18-15(19)13-8-12(16)14(17)20-13/h4-9H,3H2,1-2H3,(H,18,19). The van der Waals surface area contributed by atoms with Gasteiger partial charge in [0.05, 0.1) is 14.7 Å². The Labute approximate surface area is 139 Å². The Morgan fingerprint density at radius 1 is 1.30 bits per heavy atom. The van der Waals surface area contributed by atoms with Crippen molar-refractivity contribution >= 4 is 49.1 Å². The number of amides is 1. The topological polar surface area (TPSA) is 29.1 Å². The van der Waals surface area contributed by atoms with E-state index in [0.717, 1.165) is 20.2 Å². The van der Waals surface area contributed by atoms with Crippen molar-refractivity contribution in [3.8, 4) is 0 Å². The summed E-state index contributed by atoms with van der Waals surface area (Å²) in [5.41, 5.74) is 2.42. The third kappa shape index (κ3) is 3.71. The zero-order valence-electron chi connectivity index (χ0n) is 11.2. The van der Waals surface area contributed by atoms with Gasteiger partial charge < -0.3 is 5.32 Å². The van der Waals surface area contributed by atoms with Crippen LogP contribution < -0.4 is 5.32 Å². The van der Waals surface area contributed by atoms with Crippen molar-refractivity contribution in [2.24, 2.45) is 0 Å². The Morgan fingerprint density at radius 2 is 1.95 bits per heavy atom. The molecule has 1 N–H and O–H groups in total. The van der Waals surface area contributed by atoms with Crippen LogP contribution >= 0.6 is 43.2 Å². The molecular weight excluding hydrogens is 402 g/mol. The Hall–Kier alpha value is -0.650. The van der Waals surface area contributed by atoms with Gasteiger partial charge in [-0.1, -0.05) is 31.2 Å². The molecule has 1 aromatic heterocycles. The zero-order chi connectivity index (χ0) is 14.7. The fourth-order valence-electron chi connectivity index (χ4n) is 1.85. The van der Waals surface area contributed by atoms with Crippen LogP contribution in [0, 0.1) is 0 Å². The van der Waals surface area contributed by atoms with Crippen LogP contribution in [0.4, 0.5) is 0 Å². The average Bonchev–Trinajstić information content (AvgIpc) is 2.79. The van der Waals surface area contributed by atoms with Crippen LogP contribution in [-0.2, 0) is 6.42 Å². The molecule has 2 rings (SSSR count). The van der Waals surface area contributed by atoms with Crippen LogP contribution in [0.1, 0.15) is 40.7 Å². The molecule has 0 aliphatic rings. The van der Waals surface area contributed by atoms with Crippen LogP contribution in [0.3, 0.4) is 0 Å². The van der Waals surface area contributed by atoms with Crippen LogP contribution in [0.25, 0.3) is 0 Å². The van der Waals surface area contributed by atoms with Crippen LogP contribution in [0.15, 0.2) is 38.6 Å². The van der Waals surface area contributed by atoms with E-state index in [1.54, 1.807) is 0 Å². The van der Waals surface area contributed by atoms with Gasteiger partial charge in [-0.25, -0.2) is 0 Å². The van der Waals surface area contributed by atoms with E-state index < -0.39 is 0 Å². The minimum Gasteiger partial charge on any atom is -0.345 e. The number of nitrogens with one attached hydrogen (secondary N) is 1. The van der Waals surface area contributed by atoms with E-state index in [1.807, 2.05) is 13.0 Å². The maximum Gasteiger partial charge on any atom is 0.261 e. The van der Waals surface area contributed by atoms with Gasteiger partial charge in [-0.15, -0.1) is 11.3 Å². The molecule has 2 aromatic rings. The number of halogens is 2. The van der Waals surface area contributed by atoms with Crippen molar-refractivity contribution in [1.82, 2.24) is 5.32 Å². The first kappa shape index (κ1) is 15.7. The largest absolute Gasteiger partial charge is 0.345 e. The van der Waals surface area contributed by atoms with Crippen molar-refractivity contribution in [3.05, 3.63) is 54.6 Å². The first-order chi connectivity index (χ1) is 9.51. The van der Waals surface area contributed by atoms with E-state index in [9.17, 15) is 4.79 Å². The van der Waals surface area contributed by atoms with E-state index in [-0.39, 0.29) is 11.9 Å². The van der Waals surface area contributed by atoms with Crippen molar-refractivity contribution in [2.75, 3.05) is 0 Å². The van der Waals surface area contributed by atoms with Crippen molar-refractivity contribution in [3.63, 3.8) is 0 Å². The molecule has 0 bridgehead atoms. The summed E-state index contributed by atoms with van der Waals surface area (Å²) in [6.45, 7) is 4.13. The third-order valence-electron chi connectivity index (χ3n) is 3.10. The average molecular weight is 417 g/mol. The maximum atomic E-state index is 12.2. The predicted octanol–water partition coefficient (Wildman–Crippen LogP) is 5.33. The number of thiophene rings is 1. The first-order valence-electron chi connectivity index (χ1n) is 6.35. The fourth-order valence-corrected chi connectivity index (χ4v) is 3.79. The molecule has 0 aliphatic carbocycles. The summed E-state index contributed by atoms with van der Waals surface area (Å²) in [6, 6.07) is 10.2. The smallest absolute Gasteiger partial charge is 0.261 e. The van der Waals surface area contributed by atoms with Crippen LogP contribution in [0.5, 0.6) is 0 Å². The van der Waals surface area contributed by atoms with E-state index in [2.05, 4.69) is 68.4 Å². The Bertz CT molecular complexity index is 587. The molecule has 0 radical (unpaired) electrons. The number of benzene rings is 1. The third-order valence-corrected chi connectivity index (χ3v) is 6.36. The second-order valence-electron chi connectivity index (χ2n) is 4.52.